The Morgan fingerprint density at radius 3 is 2.52 bits per heavy atom. The Labute approximate surface area is 130 Å². The average molecular weight is 331 g/mol. The molecular formula is C14H19ClN2O3S. The fraction of sp³-hybridized carbons (Fsp3) is 0.500. The zero-order valence-electron chi connectivity index (χ0n) is 12.2. The van der Waals surface area contributed by atoms with Crippen molar-refractivity contribution in [3.63, 3.8) is 0 Å². The summed E-state index contributed by atoms with van der Waals surface area (Å²) in [7, 11) is -1.89. The fourth-order valence-electron chi connectivity index (χ4n) is 2.26. The van der Waals surface area contributed by atoms with Crippen LogP contribution >= 0.6 is 11.6 Å². The zero-order chi connectivity index (χ0) is 15.6. The van der Waals surface area contributed by atoms with Crippen molar-refractivity contribution in [3.05, 3.63) is 28.8 Å². The van der Waals surface area contributed by atoms with E-state index in [4.69, 9.17) is 11.6 Å². The van der Waals surface area contributed by atoms with Crippen molar-refractivity contribution in [2.24, 2.45) is 0 Å². The Hall–Kier alpha value is -1.11. The Morgan fingerprint density at radius 2 is 1.95 bits per heavy atom. The molecule has 1 fully saturated rings. The Balaban J connectivity index is 2.41. The quantitative estimate of drug-likeness (QED) is 0.850. The van der Waals surface area contributed by atoms with Gasteiger partial charge in [-0.15, -0.1) is 0 Å². The minimum absolute atomic E-state index is 0.127. The van der Waals surface area contributed by atoms with E-state index in [1.807, 2.05) is 6.92 Å². The summed E-state index contributed by atoms with van der Waals surface area (Å²) >= 11 is 6.05. The molecular weight excluding hydrogens is 312 g/mol. The average Bonchev–Trinajstić information content (AvgIpc) is 3.01. The van der Waals surface area contributed by atoms with Gasteiger partial charge in [-0.25, -0.2) is 8.42 Å². The number of benzene rings is 1. The number of hydrogen-bond acceptors (Lipinski definition) is 3. The van der Waals surface area contributed by atoms with E-state index in [1.54, 1.807) is 7.05 Å². The molecule has 1 aliphatic heterocycles. The van der Waals surface area contributed by atoms with Crippen LogP contribution in [0.4, 0.5) is 0 Å². The van der Waals surface area contributed by atoms with E-state index in [-0.39, 0.29) is 21.4 Å². The van der Waals surface area contributed by atoms with Gasteiger partial charge in [0.1, 0.15) is 0 Å². The normalized spacial score (nSPS) is 16.1. The highest BCUT2D eigenvalue weighted by Crippen LogP contribution is 2.25. The maximum atomic E-state index is 12.5. The monoisotopic (exact) mass is 330 g/mol. The molecule has 0 unspecified atom stereocenters. The summed E-state index contributed by atoms with van der Waals surface area (Å²) in [5.74, 6) is -0.277. The minimum Gasteiger partial charge on any atom is -0.342 e. The van der Waals surface area contributed by atoms with Gasteiger partial charge in [0.15, 0.2) is 0 Å². The maximum Gasteiger partial charge on any atom is 0.255 e. The molecule has 1 aliphatic rings. The Morgan fingerprint density at radius 1 is 1.33 bits per heavy atom. The van der Waals surface area contributed by atoms with E-state index in [2.05, 4.69) is 0 Å². The molecule has 2 rings (SSSR count). The zero-order valence-corrected chi connectivity index (χ0v) is 13.7. The third-order valence-corrected chi connectivity index (χ3v) is 5.92. The van der Waals surface area contributed by atoms with Crippen LogP contribution < -0.4 is 0 Å². The van der Waals surface area contributed by atoms with Gasteiger partial charge in [0.05, 0.1) is 15.5 Å². The molecule has 0 aliphatic carbocycles. The number of carbonyl (C=O) groups excluding carboxylic acids is 1. The summed E-state index contributed by atoms with van der Waals surface area (Å²) in [5.41, 5.74) is 0.223. The van der Waals surface area contributed by atoms with Crippen LogP contribution in [-0.2, 0) is 10.0 Å². The van der Waals surface area contributed by atoms with Crippen LogP contribution in [-0.4, -0.2) is 50.2 Å². The SMILES string of the molecule is CCN(C)C(=O)c1cc(S(=O)(=O)N2CCCC2)ccc1Cl. The van der Waals surface area contributed by atoms with Gasteiger partial charge in [0.25, 0.3) is 5.91 Å². The third kappa shape index (κ3) is 3.22. The highest BCUT2D eigenvalue weighted by Gasteiger charge is 2.28. The van der Waals surface area contributed by atoms with Gasteiger partial charge in [-0.3, -0.25) is 4.79 Å². The van der Waals surface area contributed by atoms with Crippen molar-refractivity contribution in [1.29, 1.82) is 0 Å². The molecule has 0 radical (unpaired) electrons. The second-order valence-corrected chi connectivity index (χ2v) is 7.42. The number of nitrogens with zero attached hydrogens (tertiary/aromatic N) is 2. The number of hydrogen-bond donors (Lipinski definition) is 0. The van der Waals surface area contributed by atoms with Gasteiger partial charge < -0.3 is 4.90 Å². The first-order valence-corrected chi connectivity index (χ1v) is 8.75. The predicted molar refractivity (Wildman–Crippen MR) is 82.1 cm³/mol. The van der Waals surface area contributed by atoms with Crippen LogP contribution in [0.1, 0.15) is 30.1 Å². The lowest BCUT2D eigenvalue weighted by molar-refractivity contribution is 0.0802. The standard InChI is InChI=1S/C14H19ClN2O3S/c1-3-16(2)14(18)12-10-11(6-7-13(12)15)21(19,20)17-8-4-5-9-17/h6-7,10H,3-5,8-9H2,1-2H3. The molecule has 116 valence electrons. The molecule has 0 aromatic heterocycles. The van der Waals surface area contributed by atoms with E-state index in [9.17, 15) is 13.2 Å². The van der Waals surface area contributed by atoms with Crippen LogP contribution in [0.2, 0.25) is 5.02 Å². The van der Waals surface area contributed by atoms with E-state index in [0.29, 0.717) is 19.6 Å². The summed E-state index contributed by atoms with van der Waals surface area (Å²) in [5, 5.41) is 0.265. The Kier molecular flexibility index (Phi) is 4.91. The number of sulfonamides is 1. The molecule has 21 heavy (non-hydrogen) atoms. The van der Waals surface area contributed by atoms with Gasteiger partial charge in [-0.05, 0) is 38.0 Å². The van der Waals surface area contributed by atoms with Crippen molar-refractivity contribution in [2.75, 3.05) is 26.7 Å². The van der Waals surface area contributed by atoms with Crippen molar-refractivity contribution in [2.45, 2.75) is 24.7 Å². The number of halogens is 1. The molecule has 5 nitrogen and oxygen atoms in total. The lowest BCUT2D eigenvalue weighted by Crippen LogP contribution is -2.29. The van der Waals surface area contributed by atoms with Crippen LogP contribution in [0.25, 0.3) is 0 Å². The van der Waals surface area contributed by atoms with E-state index >= 15 is 0 Å². The summed E-state index contributed by atoms with van der Waals surface area (Å²) in [4.78, 5) is 13.9. The molecule has 1 saturated heterocycles. The second kappa shape index (κ2) is 6.34. The maximum absolute atomic E-state index is 12.5. The largest absolute Gasteiger partial charge is 0.342 e. The highest BCUT2D eigenvalue weighted by molar-refractivity contribution is 7.89. The number of carbonyl (C=O) groups is 1. The van der Waals surface area contributed by atoms with Gasteiger partial charge in [0.2, 0.25) is 10.0 Å². The van der Waals surface area contributed by atoms with E-state index in [1.165, 1.54) is 27.4 Å². The molecule has 1 aromatic carbocycles. The van der Waals surface area contributed by atoms with Gasteiger partial charge >= 0.3 is 0 Å². The molecule has 1 aromatic rings. The molecule has 7 heteroatoms. The van der Waals surface area contributed by atoms with Crippen LogP contribution in [0.3, 0.4) is 0 Å². The van der Waals surface area contributed by atoms with Gasteiger partial charge in [-0.2, -0.15) is 4.31 Å². The van der Waals surface area contributed by atoms with Crippen molar-refractivity contribution in [3.8, 4) is 0 Å². The molecule has 0 bridgehead atoms. The summed E-state index contributed by atoms with van der Waals surface area (Å²) < 4.78 is 26.5. The topological polar surface area (TPSA) is 57.7 Å². The minimum atomic E-state index is -3.54. The Bertz CT molecular complexity index is 640. The van der Waals surface area contributed by atoms with Crippen LogP contribution in [0.5, 0.6) is 0 Å². The third-order valence-electron chi connectivity index (χ3n) is 3.69. The highest BCUT2D eigenvalue weighted by atomic mass is 35.5. The summed E-state index contributed by atoms with van der Waals surface area (Å²) in [6.45, 7) is 3.43. The van der Waals surface area contributed by atoms with Crippen molar-refractivity contribution in [1.82, 2.24) is 9.21 Å². The molecule has 0 saturated carbocycles. The first kappa shape index (κ1) is 16.3. The number of rotatable bonds is 4. The molecule has 0 spiro atoms. The first-order valence-electron chi connectivity index (χ1n) is 6.93. The van der Waals surface area contributed by atoms with E-state index in [0.717, 1.165) is 12.8 Å². The second-order valence-electron chi connectivity index (χ2n) is 5.07. The van der Waals surface area contributed by atoms with Gasteiger partial charge in [-0.1, -0.05) is 11.6 Å². The van der Waals surface area contributed by atoms with Crippen LogP contribution in [0, 0.1) is 0 Å². The first-order chi connectivity index (χ1) is 9.87. The smallest absolute Gasteiger partial charge is 0.255 e. The van der Waals surface area contributed by atoms with Gasteiger partial charge in [0, 0.05) is 26.7 Å². The van der Waals surface area contributed by atoms with Crippen molar-refractivity contribution < 1.29 is 13.2 Å². The molecule has 1 amide bonds. The van der Waals surface area contributed by atoms with Crippen molar-refractivity contribution >= 4 is 27.5 Å². The lowest BCUT2D eigenvalue weighted by Gasteiger charge is -2.18. The molecule has 1 heterocycles. The summed E-state index contributed by atoms with van der Waals surface area (Å²) in [6.07, 6.45) is 1.74. The predicted octanol–water partition coefficient (Wildman–Crippen LogP) is 2.22. The van der Waals surface area contributed by atoms with E-state index < -0.39 is 10.0 Å². The molecule has 0 N–H and O–H groups in total. The summed E-state index contributed by atoms with van der Waals surface area (Å²) in [6, 6.07) is 4.31. The van der Waals surface area contributed by atoms with Crippen LogP contribution in [0.15, 0.2) is 23.1 Å². The number of amides is 1. The lowest BCUT2D eigenvalue weighted by atomic mass is 10.2. The molecule has 0 atom stereocenters. The fourth-order valence-corrected chi connectivity index (χ4v) is 4.00.